The van der Waals surface area contributed by atoms with Crippen LogP contribution in [-0.4, -0.2) is 27.2 Å². The van der Waals surface area contributed by atoms with Crippen molar-refractivity contribution in [3.8, 4) is 0 Å². The Morgan fingerprint density at radius 3 is 2.57 bits per heavy atom. The fraction of sp³-hybridized carbons (Fsp3) is 0.444. The van der Waals surface area contributed by atoms with Gasteiger partial charge >= 0.3 is 5.97 Å². The number of hydrogen-bond donors (Lipinski definition) is 1. The predicted octanol–water partition coefficient (Wildman–Crippen LogP) is 1.05. The van der Waals surface area contributed by atoms with Gasteiger partial charge in [-0.15, -0.1) is 0 Å². The largest absolute Gasteiger partial charge is 0.454 e. The molecule has 1 aromatic heterocycles. The Bertz CT molecular complexity index is 335. The second kappa shape index (κ2) is 3.61. The van der Waals surface area contributed by atoms with Gasteiger partial charge in [-0.2, -0.15) is 5.10 Å². The molecule has 76 valence electrons. The van der Waals surface area contributed by atoms with Crippen LogP contribution in [0.5, 0.6) is 0 Å². The molecule has 0 saturated carbocycles. The van der Waals surface area contributed by atoms with Crippen LogP contribution in [0.15, 0.2) is 18.5 Å². The summed E-state index contributed by atoms with van der Waals surface area (Å²) in [5.74, 6) is -0.967. The minimum Gasteiger partial charge on any atom is -0.454 e. The number of esters is 1. The second-order valence-electron chi connectivity index (χ2n) is 3.80. The first-order valence-corrected chi connectivity index (χ1v) is 4.22. The third-order valence-electron chi connectivity index (χ3n) is 1.33. The molecule has 5 heteroatoms. The zero-order chi connectivity index (χ0) is 10.8. The van der Waals surface area contributed by atoms with Crippen molar-refractivity contribution in [1.82, 2.24) is 9.78 Å². The topological polar surface area (TPSA) is 68.0 Å². The summed E-state index contributed by atoms with van der Waals surface area (Å²) >= 11 is 0. The normalized spacial score (nSPS) is 11.1. The van der Waals surface area contributed by atoms with Gasteiger partial charge in [-0.1, -0.05) is 0 Å². The van der Waals surface area contributed by atoms with Gasteiger partial charge in [-0.05, 0) is 26.8 Å². The van der Waals surface area contributed by atoms with Crippen LogP contribution in [-0.2, 0) is 9.53 Å². The first kappa shape index (κ1) is 10.4. The second-order valence-corrected chi connectivity index (χ2v) is 3.80. The van der Waals surface area contributed by atoms with Crippen LogP contribution in [0.1, 0.15) is 20.8 Å². The van der Waals surface area contributed by atoms with E-state index in [1.54, 1.807) is 26.8 Å². The van der Waals surface area contributed by atoms with Crippen molar-refractivity contribution in [1.29, 1.82) is 5.41 Å². The molecule has 0 aliphatic rings. The molecule has 0 unspecified atom stereocenters. The number of hydrogen-bond acceptors (Lipinski definition) is 4. The van der Waals surface area contributed by atoms with Gasteiger partial charge in [0.15, 0.2) is 0 Å². The van der Waals surface area contributed by atoms with Gasteiger partial charge in [0.25, 0.3) is 0 Å². The summed E-state index contributed by atoms with van der Waals surface area (Å²) in [6.45, 7) is 5.25. The fourth-order valence-corrected chi connectivity index (χ4v) is 0.821. The molecule has 0 bridgehead atoms. The van der Waals surface area contributed by atoms with Crippen LogP contribution in [0.25, 0.3) is 0 Å². The quantitative estimate of drug-likeness (QED) is 0.382. The summed E-state index contributed by atoms with van der Waals surface area (Å²) in [6, 6.07) is 1.64. The smallest absolute Gasteiger partial charge is 0.376 e. The van der Waals surface area contributed by atoms with Crippen molar-refractivity contribution in [2.75, 3.05) is 0 Å². The van der Waals surface area contributed by atoms with Gasteiger partial charge in [0.2, 0.25) is 5.84 Å². The van der Waals surface area contributed by atoms with Crippen molar-refractivity contribution in [2.45, 2.75) is 26.4 Å². The lowest BCUT2D eigenvalue weighted by Gasteiger charge is -2.19. The molecule has 0 aromatic carbocycles. The maximum atomic E-state index is 11.3. The highest BCUT2D eigenvalue weighted by Crippen LogP contribution is 2.07. The molecule has 0 aliphatic heterocycles. The molecule has 0 fully saturated rings. The van der Waals surface area contributed by atoms with E-state index in [1.807, 2.05) is 0 Å². The Morgan fingerprint density at radius 1 is 1.50 bits per heavy atom. The fourth-order valence-electron chi connectivity index (χ4n) is 0.821. The van der Waals surface area contributed by atoms with E-state index < -0.39 is 11.6 Å². The molecule has 0 aliphatic carbocycles. The molecular weight excluding hydrogens is 182 g/mol. The number of nitrogens with zero attached hydrogens (tertiary/aromatic N) is 2. The summed E-state index contributed by atoms with van der Waals surface area (Å²) in [6.07, 6.45) is 3.02. The number of ether oxygens (including phenoxy) is 1. The summed E-state index contributed by atoms with van der Waals surface area (Å²) in [5.41, 5.74) is -0.587. The molecule has 14 heavy (non-hydrogen) atoms. The molecule has 1 N–H and O–H groups in total. The van der Waals surface area contributed by atoms with Gasteiger partial charge in [-0.25, -0.2) is 9.48 Å². The maximum Gasteiger partial charge on any atom is 0.376 e. The van der Waals surface area contributed by atoms with E-state index in [9.17, 15) is 4.79 Å². The average molecular weight is 195 g/mol. The first-order chi connectivity index (χ1) is 6.40. The van der Waals surface area contributed by atoms with Crippen LogP contribution >= 0.6 is 0 Å². The van der Waals surface area contributed by atoms with E-state index in [0.29, 0.717) is 0 Å². The summed E-state index contributed by atoms with van der Waals surface area (Å²) in [7, 11) is 0. The molecule has 1 aromatic rings. The van der Waals surface area contributed by atoms with Crippen LogP contribution in [0.2, 0.25) is 0 Å². The Kier molecular flexibility index (Phi) is 2.69. The van der Waals surface area contributed by atoms with Gasteiger partial charge in [0, 0.05) is 12.4 Å². The zero-order valence-corrected chi connectivity index (χ0v) is 8.44. The highest BCUT2D eigenvalue weighted by atomic mass is 16.6. The number of carbonyl (C=O) groups is 1. The van der Waals surface area contributed by atoms with E-state index in [1.165, 1.54) is 12.4 Å². The molecule has 1 heterocycles. The van der Waals surface area contributed by atoms with Crippen molar-refractivity contribution in [3.05, 3.63) is 18.5 Å². The lowest BCUT2D eigenvalue weighted by Crippen LogP contribution is -2.32. The minimum absolute atomic E-state index is 0.287. The molecule has 0 amide bonds. The van der Waals surface area contributed by atoms with Crippen LogP contribution < -0.4 is 0 Å². The van der Waals surface area contributed by atoms with E-state index >= 15 is 0 Å². The summed E-state index contributed by atoms with van der Waals surface area (Å²) < 4.78 is 6.16. The summed E-state index contributed by atoms with van der Waals surface area (Å²) in [5, 5.41) is 11.2. The summed E-state index contributed by atoms with van der Waals surface area (Å²) in [4.78, 5) is 11.3. The lowest BCUT2D eigenvalue weighted by molar-refractivity contribution is -0.146. The lowest BCUT2D eigenvalue weighted by atomic mass is 10.2. The number of aromatic nitrogens is 2. The predicted molar refractivity (Wildman–Crippen MR) is 51.2 cm³/mol. The third kappa shape index (κ3) is 2.69. The molecule has 0 saturated heterocycles. The minimum atomic E-state index is -0.679. The molecule has 0 radical (unpaired) electrons. The Balaban J connectivity index is 2.68. The molecule has 0 atom stereocenters. The monoisotopic (exact) mass is 195 g/mol. The van der Waals surface area contributed by atoms with Gasteiger partial charge in [0.1, 0.15) is 5.60 Å². The Hall–Kier alpha value is -1.65. The van der Waals surface area contributed by atoms with E-state index in [4.69, 9.17) is 10.1 Å². The van der Waals surface area contributed by atoms with Crippen LogP contribution in [0.4, 0.5) is 0 Å². The highest BCUT2D eigenvalue weighted by molar-refractivity contribution is 6.34. The molecule has 5 nitrogen and oxygen atoms in total. The van der Waals surface area contributed by atoms with Gasteiger partial charge in [-0.3, -0.25) is 5.41 Å². The highest BCUT2D eigenvalue weighted by Gasteiger charge is 2.21. The van der Waals surface area contributed by atoms with E-state index in [0.717, 1.165) is 4.68 Å². The van der Waals surface area contributed by atoms with Crippen molar-refractivity contribution in [2.24, 2.45) is 0 Å². The SMILES string of the molecule is CC(C)(C)OC(=O)C(=N)n1cccn1. The Labute approximate surface area is 82.2 Å². The van der Waals surface area contributed by atoms with Crippen LogP contribution in [0.3, 0.4) is 0 Å². The average Bonchev–Trinajstić information content (AvgIpc) is 2.51. The van der Waals surface area contributed by atoms with Crippen molar-refractivity contribution in [3.63, 3.8) is 0 Å². The number of carbonyl (C=O) groups excluding carboxylic acids is 1. The van der Waals surface area contributed by atoms with Crippen molar-refractivity contribution < 1.29 is 9.53 Å². The van der Waals surface area contributed by atoms with Crippen molar-refractivity contribution >= 4 is 11.8 Å². The van der Waals surface area contributed by atoms with E-state index in [2.05, 4.69) is 5.10 Å². The third-order valence-corrected chi connectivity index (χ3v) is 1.33. The Morgan fingerprint density at radius 2 is 2.14 bits per heavy atom. The maximum absolute atomic E-state index is 11.3. The molecular formula is C9H13N3O2. The van der Waals surface area contributed by atoms with Gasteiger partial charge in [0.05, 0.1) is 0 Å². The van der Waals surface area contributed by atoms with Gasteiger partial charge < -0.3 is 4.74 Å². The standard InChI is InChI=1S/C9H13N3O2/c1-9(2,3)14-8(13)7(10)12-6-4-5-11-12/h4-6,10H,1-3H3. The molecule has 0 spiro atoms. The molecule has 1 rings (SSSR count). The first-order valence-electron chi connectivity index (χ1n) is 4.22. The van der Waals surface area contributed by atoms with Crippen LogP contribution in [0, 0.1) is 5.41 Å². The zero-order valence-electron chi connectivity index (χ0n) is 8.44. The number of nitrogens with one attached hydrogen (secondary N) is 1. The number of rotatable bonds is 0. The van der Waals surface area contributed by atoms with E-state index in [-0.39, 0.29) is 5.84 Å².